The van der Waals surface area contributed by atoms with Gasteiger partial charge in [-0.05, 0) is 48.4 Å². The van der Waals surface area contributed by atoms with Gasteiger partial charge in [-0.15, -0.1) is 13.2 Å². The van der Waals surface area contributed by atoms with E-state index in [-0.39, 0.29) is 29.9 Å². The van der Waals surface area contributed by atoms with Gasteiger partial charge in [0, 0.05) is 5.39 Å². The van der Waals surface area contributed by atoms with Gasteiger partial charge in [-0.1, -0.05) is 45.4 Å². The van der Waals surface area contributed by atoms with Crippen molar-refractivity contribution >= 4 is 16.7 Å². The Morgan fingerprint density at radius 2 is 1.66 bits per heavy atom. The summed E-state index contributed by atoms with van der Waals surface area (Å²) in [5, 5.41) is -0.642. The van der Waals surface area contributed by atoms with Crippen LogP contribution in [-0.4, -0.2) is 24.7 Å². The Bertz CT molecular complexity index is 1010. The molecule has 35 heavy (non-hydrogen) atoms. The summed E-state index contributed by atoms with van der Waals surface area (Å²) in [6, 6.07) is 3.59. The van der Waals surface area contributed by atoms with Crippen LogP contribution in [0.4, 0.5) is 30.7 Å². The van der Waals surface area contributed by atoms with Crippen LogP contribution in [0, 0.1) is 23.5 Å². The number of halogens is 7. The molecule has 3 nitrogen and oxygen atoms in total. The van der Waals surface area contributed by atoms with Crippen LogP contribution in [0.5, 0.6) is 11.5 Å². The van der Waals surface area contributed by atoms with E-state index in [9.17, 15) is 35.5 Å². The molecule has 0 aromatic heterocycles. The second-order valence-electron chi connectivity index (χ2n) is 8.95. The highest BCUT2D eigenvalue weighted by atomic mass is 19.4. The maximum Gasteiger partial charge on any atom is 0.573 e. The molecule has 2 atom stereocenters. The van der Waals surface area contributed by atoms with Gasteiger partial charge in [0.25, 0.3) is 0 Å². The monoisotopic (exact) mass is 508 g/mol. The lowest BCUT2D eigenvalue weighted by atomic mass is 9.77. The first-order valence-corrected chi connectivity index (χ1v) is 11.7. The Labute approximate surface area is 198 Å². The lowest BCUT2D eigenvalue weighted by molar-refractivity contribution is -0.276. The van der Waals surface area contributed by atoms with Crippen LogP contribution in [0.15, 0.2) is 24.3 Å². The molecule has 2 aromatic carbocycles. The van der Waals surface area contributed by atoms with E-state index in [1.54, 1.807) is 0 Å². The van der Waals surface area contributed by atoms with Crippen LogP contribution >= 0.6 is 0 Å². The standard InChI is InChI=1S/C25H27F7O3/c1-2-3-4-5-6-7-14-10-18(26)21(19(27)11-14)24(33)34-16-8-9-17-15(12-16)13-20(28)23(22(17)29)35-25(30,31)32/h8-9,12-14,18-19,21H,2-7,10-11H2,1H3. The van der Waals surface area contributed by atoms with Crippen molar-refractivity contribution < 1.29 is 45.0 Å². The maximum absolute atomic E-state index is 14.7. The summed E-state index contributed by atoms with van der Waals surface area (Å²) in [6.07, 6.45) is -2.82. The van der Waals surface area contributed by atoms with Gasteiger partial charge in [0.05, 0.1) is 0 Å². The fourth-order valence-corrected chi connectivity index (χ4v) is 4.57. The van der Waals surface area contributed by atoms with Crippen molar-refractivity contribution in [2.24, 2.45) is 11.8 Å². The van der Waals surface area contributed by atoms with Crippen molar-refractivity contribution in [2.45, 2.75) is 77.0 Å². The Balaban J connectivity index is 1.66. The van der Waals surface area contributed by atoms with Gasteiger partial charge in [0.2, 0.25) is 5.75 Å². The third kappa shape index (κ3) is 7.01. The molecule has 194 valence electrons. The number of alkyl halides is 5. The van der Waals surface area contributed by atoms with Crippen LogP contribution < -0.4 is 9.47 Å². The molecule has 0 amide bonds. The van der Waals surface area contributed by atoms with E-state index in [1.165, 1.54) is 0 Å². The summed E-state index contributed by atoms with van der Waals surface area (Å²) in [5.41, 5.74) is 0. The summed E-state index contributed by atoms with van der Waals surface area (Å²) in [4.78, 5) is 12.5. The lowest BCUT2D eigenvalue weighted by Gasteiger charge is -2.33. The largest absolute Gasteiger partial charge is 0.573 e. The van der Waals surface area contributed by atoms with E-state index in [2.05, 4.69) is 11.7 Å². The number of ether oxygens (including phenoxy) is 2. The van der Waals surface area contributed by atoms with E-state index < -0.39 is 53.4 Å². The fourth-order valence-electron chi connectivity index (χ4n) is 4.57. The Hall–Kier alpha value is -2.52. The Morgan fingerprint density at radius 3 is 2.29 bits per heavy atom. The van der Waals surface area contributed by atoms with Crippen LogP contribution in [0.3, 0.4) is 0 Å². The fraction of sp³-hybridized carbons (Fsp3) is 0.560. The van der Waals surface area contributed by atoms with Gasteiger partial charge in [0.1, 0.15) is 24.0 Å². The molecule has 1 aliphatic rings. The average Bonchev–Trinajstić information content (AvgIpc) is 2.75. The Morgan fingerprint density at radius 1 is 1.00 bits per heavy atom. The zero-order chi connectivity index (χ0) is 25.8. The predicted octanol–water partition coefficient (Wildman–Crippen LogP) is 7.98. The molecule has 0 bridgehead atoms. The molecule has 0 radical (unpaired) electrons. The number of benzene rings is 2. The summed E-state index contributed by atoms with van der Waals surface area (Å²) >= 11 is 0. The van der Waals surface area contributed by atoms with Crippen molar-refractivity contribution in [3.63, 3.8) is 0 Å². The Kier molecular flexibility index (Phi) is 8.88. The SMILES string of the molecule is CCCCCCCC1CC(F)C(C(=O)Oc2ccc3c(F)c(OC(F)(F)F)c(F)cc3c2)C(F)C1. The number of unbranched alkanes of at least 4 members (excludes halogenated alkanes) is 4. The second-order valence-corrected chi connectivity index (χ2v) is 8.95. The third-order valence-corrected chi connectivity index (χ3v) is 6.28. The average molecular weight is 508 g/mol. The summed E-state index contributed by atoms with van der Waals surface area (Å²) < 4.78 is 104. The number of hydrogen-bond donors (Lipinski definition) is 0. The van der Waals surface area contributed by atoms with E-state index in [1.807, 2.05) is 0 Å². The van der Waals surface area contributed by atoms with E-state index in [4.69, 9.17) is 4.74 Å². The molecular weight excluding hydrogens is 481 g/mol. The number of carbonyl (C=O) groups is 1. The minimum absolute atomic E-state index is 0.0457. The van der Waals surface area contributed by atoms with Crippen LogP contribution in [0.25, 0.3) is 10.8 Å². The van der Waals surface area contributed by atoms with Gasteiger partial charge < -0.3 is 9.47 Å². The van der Waals surface area contributed by atoms with E-state index in [0.29, 0.717) is 12.5 Å². The van der Waals surface area contributed by atoms with Crippen LogP contribution in [-0.2, 0) is 4.79 Å². The summed E-state index contributed by atoms with van der Waals surface area (Å²) in [5.74, 6) is -8.00. The molecule has 0 heterocycles. The molecule has 1 aliphatic carbocycles. The minimum atomic E-state index is -5.30. The zero-order valence-electron chi connectivity index (χ0n) is 19.1. The molecule has 10 heteroatoms. The highest BCUT2D eigenvalue weighted by Gasteiger charge is 2.44. The first kappa shape index (κ1) is 27.1. The lowest BCUT2D eigenvalue weighted by Crippen LogP contribution is -2.42. The van der Waals surface area contributed by atoms with Crippen molar-refractivity contribution in [1.82, 2.24) is 0 Å². The third-order valence-electron chi connectivity index (χ3n) is 6.28. The molecule has 3 rings (SSSR count). The molecule has 1 fully saturated rings. The minimum Gasteiger partial charge on any atom is -0.426 e. The normalized spacial score (nSPS) is 22.9. The molecule has 0 N–H and O–H groups in total. The van der Waals surface area contributed by atoms with Crippen LogP contribution in [0.1, 0.15) is 58.3 Å². The molecular formula is C25H27F7O3. The first-order valence-electron chi connectivity index (χ1n) is 11.7. The van der Waals surface area contributed by atoms with Gasteiger partial charge in [-0.25, -0.2) is 17.6 Å². The van der Waals surface area contributed by atoms with Gasteiger partial charge >= 0.3 is 12.3 Å². The number of fused-ring (bicyclic) bond motifs is 1. The summed E-state index contributed by atoms with van der Waals surface area (Å²) in [6.45, 7) is 2.10. The zero-order valence-corrected chi connectivity index (χ0v) is 19.1. The topological polar surface area (TPSA) is 35.5 Å². The highest BCUT2D eigenvalue weighted by Crippen LogP contribution is 2.38. The van der Waals surface area contributed by atoms with Crippen molar-refractivity contribution in [2.75, 3.05) is 0 Å². The number of esters is 1. The molecule has 2 unspecified atom stereocenters. The molecule has 0 saturated heterocycles. The quantitative estimate of drug-likeness (QED) is 0.149. The van der Waals surface area contributed by atoms with E-state index >= 15 is 0 Å². The van der Waals surface area contributed by atoms with Gasteiger partial charge in [-0.3, -0.25) is 4.79 Å². The number of hydrogen-bond acceptors (Lipinski definition) is 3. The van der Waals surface area contributed by atoms with Crippen molar-refractivity contribution in [1.29, 1.82) is 0 Å². The second kappa shape index (κ2) is 11.5. The van der Waals surface area contributed by atoms with Gasteiger partial charge in [0.15, 0.2) is 11.6 Å². The molecule has 0 spiro atoms. The smallest absolute Gasteiger partial charge is 0.426 e. The number of carbonyl (C=O) groups excluding carboxylic acids is 1. The maximum atomic E-state index is 14.7. The van der Waals surface area contributed by atoms with E-state index in [0.717, 1.165) is 50.3 Å². The molecule has 2 aromatic rings. The number of rotatable bonds is 9. The molecule has 0 aliphatic heterocycles. The predicted molar refractivity (Wildman–Crippen MR) is 116 cm³/mol. The first-order chi connectivity index (χ1) is 16.5. The van der Waals surface area contributed by atoms with Crippen LogP contribution in [0.2, 0.25) is 0 Å². The molecule has 1 saturated carbocycles. The van der Waals surface area contributed by atoms with Crippen molar-refractivity contribution in [3.05, 3.63) is 35.9 Å². The van der Waals surface area contributed by atoms with Crippen molar-refractivity contribution in [3.8, 4) is 11.5 Å². The van der Waals surface area contributed by atoms with Gasteiger partial charge in [-0.2, -0.15) is 0 Å². The highest BCUT2D eigenvalue weighted by molar-refractivity contribution is 5.87. The summed E-state index contributed by atoms with van der Waals surface area (Å²) in [7, 11) is 0.